The first kappa shape index (κ1) is 10.5. The van der Waals surface area contributed by atoms with Gasteiger partial charge in [-0.2, -0.15) is 0 Å². The molecule has 3 rings (SSSR count). The van der Waals surface area contributed by atoms with Crippen LogP contribution < -0.4 is 10.9 Å². The monoisotopic (exact) mass is 229 g/mol. The lowest BCUT2D eigenvalue weighted by molar-refractivity contribution is 0.619. The van der Waals surface area contributed by atoms with E-state index in [2.05, 4.69) is 10.3 Å². The Balaban J connectivity index is 2.05. The topological polar surface area (TPSA) is 46.9 Å². The van der Waals surface area contributed by atoms with Gasteiger partial charge in [0, 0.05) is 13.1 Å². The molecule has 17 heavy (non-hydrogen) atoms. The Morgan fingerprint density at radius 2 is 2.18 bits per heavy atom. The number of nitrogens with zero attached hydrogens (tertiary/aromatic N) is 2. The van der Waals surface area contributed by atoms with E-state index in [1.807, 2.05) is 24.3 Å². The molecule has 0 spiro atoms. The molecule has 0 radical (unpaired) electrons. The van der Waals surface area contributed by atoms with Crippen LogP contribution in [0, 0.1) is 0 Å². The Morgan fingerprint density at radius 3 is 2.94 bits per heavy atom. The highest BCUT2D eigenvalue weighted by Crippen LogP contribution is 2.19. The van der Waals surface area contributed by atoms with E-state index < -0.39 is 0 Å². The maximum atomic E-state index is 12.1. The summed E-state index contributed by atoms with van der Waals surface area (Å²) in [6, 6.07) is 8.11. The number of rotatable bonds is 3. The van der Waals surface area contributed by atoms with Crippen molar-refractivity contribution < 1.29 is 0 Å². The minimum absolute atomic E-state index is 0.0307. The molecule has 0 atom stereocenters. The molecule has 0 amide bonds. The molecule has 0 saturated heterocycles. The standard InChI is InChI=1S/C13H15N3O/c1-16-12(8-14-9-6-7-9)15-11-5-3-2-4-10(11)13(16)17/h2-5,9,14H,6-8H2,1H3. The van der Waals surface area contributed by atoms with Crippen LogP contribution in [0.3, 0.4) is 0 Å². The third-order valence-electron chi connectivity index (χ3n) is 3.20. The van der Waals surface area contributed by atoms with Crippen LogP contribution in [0.15, 0.2) is 29.1 Å². The first-order valence-electron chi connectivity index (χ1n) is 5.94. The number of aromatic nitrogens is 2. The smallest absolute Gasteiger partial charge is 0.261 e. The lowest BCUT2D eigenvalue weighted by Crippen LogP contribution is -2.27. The molecule has 4 heteroatoms. The van der Waals surface area contributed by atoms with Gasteiger partial charge in [0.25, 0.3) is 5.56 Å². The lowest BCUT2D eigenvalue weighted by atomic mass is 10.2. The summed E-state index contributed by atoms with van der Waals surface area (Å²) in [6.45, 7) is 0.668. The molecule has 1 saturated carbocycles. The molecule has 1 N–H and O–H groups in total. The van der Waals surface area contributed by atoms with Crippen molar-refractivity contribution in [3.05, 3.63) is 40.4 Å². The van der Waals surface area contributed by atoms with Gasteiger partial charge in [-0.1, -0.05) is 12.1 Å². The first-order chi connectivity index (χ1) is 8.25. The van der Waals surface area contributed by atoms with Gasteiger partial charge >= 0.3 is 0 Å². The van der Waals surface area contributed by atoms with Gasteiger partial charge < -0.3 is 5.32 Å². The second-order valence-electron chi connectivity index (χ2n) is 4.56. The average Bonchev–Trinajstić information content (AvgIpc) is 3.16. The van der Waals surface area contributed by atoms with Gasteiger partial charge in [-0.05, 0) is 25.0 Å². The largest absolute Gasteiger partial charge is 0.307 e. The summed E-state index contributed by atoms with van der Waals surface area (Å²) in [5.41, 5.74) is 0.811. The Kier molecular flexibility index (Phi) is 2.44. The second kappa shape index (κ2) is 3.96. The zero-order valence-electron chi connectivity index (χ0n) is 9.81. The minimum Gasteiger partial charge on any atom is -0.307 e. The van der Waals surface area contributed by atoms with Crippen molar-refractivity contribution in [1.29, 1.82) is 0 Å². The van der Waals surface area contributed by atoms with Crippen LogP contribution in [0.5, 0.6) is 0 Å². The first-order valence-corrected chi connectivity index (χ1v) is 5.94. The fourth-order valence-corrected chi connectivity index (χ4v) is 1.95. The number of benzene rings is 1. The summed E-state index contributed by atoms with van der Waals surface area (Å²) < 4.78 is 1.64. The van der Waals surface area contributed by atoms with E-state index in [1.54, 1.807) is 11.6 Å². The maximum absolute atomic E-state index is 12.1. The second-order valence-corrected chi connectivity index (χ2v) is 4.56. The van der Waals surface area contributed by atoms with Crippen molar-refractivity contribution in [1.82, 2.24) is 14.9 Å². The normalized spacial score (nSPS) is 15.4. The Hall–Kier alpha value is -1.68. The van der Waals surface area contributed by atoms with Gasteiger partial charge in [-0.15, -0.1) is 0 Å². The Bertz CT molecular complexity index is 614. The Labute approximate surface area is 99.3 Å². The third-order valence-corrected chi connectivity index (χ3v) is 3.20. The van der Waals surface area contributed by atoms with Crippen LogP contribution in [0.2, 0.25) is 0 Å². The number of para-hydroxylation sites is 1. The fourth-order valence-electron chi connectivity index (χ4n) is 1.95. The van der Waals surface area contributed by atoms with E-state index in [0.29, 0.717) is 18.0 Å². The van der Waals surface area contributed by atoms with E-state index in [4.69, 9.17) is 0 Å². The van der Waals surface area contributed by atoms with Gasteiger partial charge in [-0.25, -0.2) is 4.98 Å². The zero-order chi connectivity index (χ0) is 11.8. The molecule has 1 aliphatic carbocycles. The number of hydrogen-bond acceptors (Lipinski definition) is 3. The van der Waals surface area contributed by atoms with Crippen LogP contribution in [-0.4, -0.2) is 15.6 Å². The molecular formula is C13H15N3O. The molecule has 1 aliphatic rings. The number of nitrogens with one attached hydrogen (secondary N) is 1. The molecular weight excluding hydrogens is 214 g/mol. The quantitative estimate of drug-likeness (QED) is 0.860. The van der Waals surface area contributed by atoms with E-state index in [1.165, 1.54) is 12.8 Å². The molecule has 2 aromatic rings. The number of hydrogen-bond donors (Lipinski definition) is 1. The highest BCUT2D eigenvalue weighted by atomic mass is 16.1. The zero-order valence-corrected chi connectivity index (χ0v) is 9.81. The molecule has 1 heterocycles. The maximum Gasteiger partial charge on any atom is 0.261 e. The van der Waals surface area contributed by atoms with E-state index in [9.17, 15) is 4.79 Å². The van der Waals surface area contributed by atoms with Crippen molar-refractivity contribution in [3.63, 3.8) is 0 Å². The van der Waals surface area contributed by atoms with E-state index in [0.717, 1.165) is 11.3 Å². The summed E-state index contributed by atoms with van der Waals surface area (Å²) in [6.07, 6.45) is 2.48. The van der Waals surface area contributed by atoms with Crippen LogP contribution in [-0.2, 0) is 13.6 Å². The SMILES string of the molecule is Cn1c(CNC2CC2)nc2ccccc2c1=O. The summed E-state index contributed by atoms with van der Waals surface area (Å²) >= 11 is 0. The van der Waals surface area contributed by atoms with E-state index >= 15 is 0 Å². The van der Waals surface area contributed by atoms with Gasteiger partial charge in [0.05, 0.1) is 17.4 Å². The molecule has 1 fully saturated rings. The third kappa shape index (κ3) is 1.96. The average molecular weight is 229 g/mol. The predicted molar refractivity (Wildman–Crippen MR) is 66.8 cm³/mol. The highest BCUT2D eigenvalue weighted by molar-refractivity contribution is 5.77. The van der Waals surface area contributed by atoms with Gasteiger partial charge in [-0.3, -0.25) is 9.36 Å². The van der Waals surface area contributed by atoms with Gasteiger partial charge in [0.2, 0.25) is 0 Å². The van der Waals surface area contributed by atoms with Crippen LogP contribution in [0.1, 0.15) is 18.7 Å². The molecule has 88 valence electrons. The van der Waals surface area contributed by atoms with Gasteiger partial charge in [0.15, 0.2) is 0 Å². The van der Waals surface area contributed by atoms with Crippen LogP contribution in [0.25, 0.3) is 10.9 Å². The highest BCUT2D eigenvalue weighted by Gasteiger charge is 2.20. The molecule has 1 aromatic heterocycles. The van der Waals surface area contributed by atoms with Crippen molar-refractivity contribution in [2.24, 2.45) is 7.05 Å². The van der Waals surface area contributed by atoms with Crippen molar-refractivity contribution in [3.8, 4) is 0 Å². The summed E-state index contributed by atoms with van der Waals surface area (Å²) in [7, 11) is 1.78. The van der Waals surface area contributed by atoms with Crippen molar-refractivity contribution in [2.75, 3.05) is 0 Å². The number of fused-ring (bicyclic) bond motifs is 1. The molecule has 1 aromatic carbocycles. The van der Waals surface area contributed by atoms with Crippen LogP contribution in [0.4, 0.5) is 0 Å². The predicted octanol–water partition coefficient (Wildman–Crippen LogP) is 1.19. The van der Waals surface area contributed by atoms with Gasteiger partial charge in [0.1, 0.15) is 5.82 Å². The van der Waals surface area contributed by atoms with Crippen molar-refractivity contribution in [2.45, 2.75) is 25.4 Å². The van der Waals surface area contributed by atoms with Crippen molar-refractivity contribution >= 4 is 10.9 Å². The molecule has 0 aliphatic heterocycles. The molecule has 0 bridgehead atoms. The molecule has 4 nitrogen and oxygen atoms in total. The summed E-state index contributed by atoms with van der Waals surface area (Å²) in [5.74, 6) is 0.806. The lowest BCUT2D eigenvalue weighted by Gasteiger charge is -2.09. The summed E-state index contributed by atoms with van der Waals surface area (Å²) in [4.78, 5) is 16.6. The Morgan fingerprint density at radius 1 is 1.41 bits per heavy atom. The summed E-state index contributed by atoms with van der Waals surface area (Å²) in [5, 5.41) is 4.07. The fraction of sp³-hybridized carbons (Fsp3) is 0.385. The minimum atomic E-state index is 0.0307. The van der Waals surface area contributed by atoms with Crippen LogP contribution >= 0.6 is 0 Å². The molecule has 0 unspecified atom stereocenters. The van der Waals surface area contributed by atoms with E-state index in [-0.39, 0.29) is 5.56 Å².